The molecule has 2 rings (SSSR count). The number of rotatable bonds is 7. The van der Waals surface area contributed by atoms with Gasteiger partial charge in [0.2, 0.25) is 15.9 Å². The van der Waals surface area contributed by atoms with Gasteiger partial charge in [-0.3, -0.25) is 4.79 Å². The van der Waals surface area contributed by atoms with Gasteiger partial charge in [0.05, 0.1) is 17.9 Å². The largest absolute Gasteiger partial charge is 0.491 e. The third-order valence-electron chi connectivity index (χ3n) is 3.96. The first-order valence-corrected chi connectivity index (χ1v) is 9.81. The van der Waals surface area contributed by atoms with Crippen molar-refractivity contribution in [2.75, 3.05) is 19.4 Å². The van der Waals surface area contributed by atoms with Gasteiger partial charge in [-0.1, -0.05) is 6.92 Å². The van der Waals surface area contributed by atoms with Crippen LogP contribution in [0.4, 0.5) is 0 Å². The molecule has 0 radical (unpaired) electrons. The molecule has 138 valence electrons. The van der Waals surface area contributed by atoms with Gasteiger partial charge in [-0.05, 0) is 30.7 Å². The monoisotopic (exact) mass is 370 g/mol. The van der Waals surface area contributed by atoms with Gasteiger partial charge in [0.1, 0.15) is 12.4 Å². The minimum absolute atomic E-state index is 0.0624. The second-order valence-electron chi connectivity index (χ2n) is 6.02. The summed E-state index contributed by atoms with van der Waals surface area (Å²) in [5.74, 6) is -0.585. The molecule has 1 aliphatic heterocycles. The minimum atomic E-state index is -3.35. The highest BCUT2D eigenvalue weighted by atomic mass is 32.2. The second-order valence-corrected chi connectivity index (χ2v) is 7.80. The number of ether oxygens (including phenoxy) is 1. The molecule has 0 spiro atoms. The normalized spacial score (nSPS) is 20.5. The summed E-state index contributed by atoms with van der Waals surface area (Å²) in [6.07, 6.45) is 1.88. The maximum atomic E-state index is 12.1. The summed E-state index contributed by atoms with van der Waals surface area (Å²) in [4.78, 5) is 24.6. The van der Waals surface area contributed by atoms with Crippen molar-refractivity contribution >= 4 is 21.9 Å². The summed E-state index contributed by atoms with van der Waals surface area (Å²) < 4.78 is 31.0. The van der Waals surface area contributed by atoms with Crippen molar-refractivity contribution in [1.29, 1.82) is 0 Å². The van der Waals surface area contributed by atoms with Crippen molar-refractivity contribution in [3.8, 4) is 5.75 Å². The Morgan fingerprint density at radius 2 is 1.96 bits per heavy atom. The van der Waals surface area contributed by atoms with Gasteiger partial charge in [0, 0.05) is 19.0 Å². The molecule has 1 fully saturated rings. The van der Waals surface area contributed by atoms with Crippen LogP contribution in [0.3, 0.4) is 0 Å². The SMILES string of the molecule is CCC(=O)N1C[C@@H](NS(C)(=O)=O)C[C@H]1COc1ccc(C(=O)O)cc1. The third-order valence-corrected chi connectivity index (χ3v) is 4.72. The maximum Gasteiger partial charge on any atom is 0.335 e. The third kappa shape index (κ3) is 5.43. The van der Waals surface area contributed by atoms with E-state index in [1.165, 1.54) is 12.1 Å². The van der Waals surface area contributed by atoms with Gasteiger partial charge in [0.15, 0.2) is 0 Å². The number of benzene rings is 1. The topological polar surface area (TPSA) is 113 Å². The number of nitrogens with zero attached hydrogens (tertiary/aromatic N) is 1. The standard InChI is InChI=1S/C16H22N2O6S/c1-3-15(19)18-9-12(17-25(2,22)23)8-13(18)10-24-14-6-4-11(5-7-14)16(20)21/h4-7,12-13,17H,3,8-10H2,1-2H3,(H,20,21)/t12-,13-/m0/s1. The van der Waals surface area contributed by atoms with Crippen molar-refractivity contribution in [3.63, 3.8) is 0 Å². The van der Waals surface area contributed by atoms with Crippen LogP contribution in [-0.2, 0) is 14.8 Å². The number of hydrogen-bond acceptors (Lipinski definition) is 5. The number of likely N-dealkylation sites (tertiary alicyclic amines) is 1. The van der Waals surface area contributed by atoms with Gasteiger partial charge < -0.3 is 14.7 Å². The molecular weight excluding hydrogens is 348 g/mol. The highest BCUT2D eigenvalue weighted by molar-refractivity contribution is 7.88. The number of carbonyl (C=O) groups excluding carboxylic acids is 1. The Hall–Kier alpha value is -2.13. The summed E-state index contributed by atoms with van der Waals surface area (Å²) in [6, 6.07) is 5.40. The van der Waals surface area contributed by atoms with E-state index in [0.717, 1.165) is 6.26 Å². The van der Waals surface area contributed by atoms with E-state index in [2.05, 4.69) is 4.72 Å². The van der Waals surface area contributed by atoms with E-state index in [9.17, 15) is 18.0 Å². The Kier molecular flexibility index (Phi) is 6.02. The van der Waals surface area contributed by atoms with Crippen molar-refractivity contribution in [2.45, 2.75) is 31.8 Å². The summed E-state index contributed by atoms with van der Waals surface area (Å²) in [5, 5.41) is 8.88. The zero-order valence-electron chi connectivity index (χ0n) is 14.1. The molecule has 1 amide bonds. The zero-order valence-corrected chi connectivity index (χ0v) is 15.0. The molecule has 0 aliphatic carbocycles. The molecule has 0 saturated carbocycles. The Labute approximate surface area is 146 Å². The van der Waals surface area contributed by atoms with Gasteiger partial charge in [-0.15, -0.1) is 0 Å². The Morgan fingerprint density at radius 3 is 2.48 bits per heavy atom. The molecule has 1 saturated heterocycles. The molecule has 1 aliphatic rings. The molecule has 8 nitrogen and oxygen atoms in total. The first kappa shape index (κ1) is 19.2. The van der Waals surface area contributed by atoms with Crippen molar-refractivity contribution < 1.29 is 27.9 Å². The van der Waals surface area contributed by atoms with Crippen LogP contribution in [0.5, 0.6) is 5.75 Å². The number of carboxylic acid groups (broad SMARTS) is 1. The smallest absolute Gasteiger partial charge is 0.335 e. The fourth-order valence-electron chi connectivity index (χ4n) is 2.86. The van der Waals surface area contributed by atoms with E-state index >= 15 is 0 Å². The minimum Gasteiger partial charge on any atom is -0.491 e. The lowest BCUT2D eigenvalue weighted by molar-refractivity contribution is -0.132. The predicted molar refractivity (Wildman–Crippen MR) is 91.1 cm³/mol. The van der Waals surface area contributed by atoms with Crippen LogP contribution in [0.15, 0.2) is 24.3 Å². The highest BCUT2D eigenvalue weighted by Crippen LogP contribution is 2.21. The van der Waals surface area contributed by atoms with Gasteiger partial charge in [-0.2, -0.15) is 0 Å². The van der Waals surface area contributed by atoms with Crippen LogP contribution < -0.4 is 9.46 Å². The molecule has 2 atom stereocenters. The number of carboxylic acids is 1. The van der Waals surface area contributed by atoms with Gasteiger partial charge in [0.25, 0.3) is 0 Å². The number of amides is 1. The van der Waals surface area contributed by atoms with Gasteiger partial charge >= 0.3 is 5.97 Å². The molecule has 0 bridgehead atoms. The molecule has 2 N–H and O–H groups in total. The summed E-state index contributed by atoms with van der Waals surface area (Å²) in [7, 11) is -3.35. The summed E-state index contributed by atoms with van der Waals surface area (Å²) in [6.45, 7) is 2.27. The van der Waals surface area contributed by atoms with Crippen LogP contribution in [0.2, 0.25) is 0 Å². The Balaban J connectivity index is 2.01. The fraction of sp³-hybridized carbons (Fsp3) is 0.500. The number of aromatic carboxylic acids is 1. The summed E-state index contributed by atoms with van der Waals surface area (Å²) in [5.41, 5.74) is 0.161. The number of carbonyl (C=O) groups is 2. The summed E-state index contributed by atoms with van der Waals surface area (Å²) >= 11 is 0. The molecule has 0 unspecified atom stereocenters. The zero-order chi connectivity index (χ0) is 18.6. The van der Waals surface area contributed by atoms with Crippen molar-refractivity contribution in [2.24, 2.45) is 0 Å². The van der Waals surface area contributed by atoms with Crippen LogP contribution >= 0.6 is 0 Å². The maximum absolute atomic E-state index is 12.1. The van der Waals surface area contributed by atoms with E-state index in [0.29, 0.717) is 25.1 Å². The second kappa shape index (κ2) is 7.83. The molecule has 25 heavy (non-hydrogen) atoms. The average Bonchev–Trinajstić information content (AvgIpc) is 2.93. The van der Waals surface area contributed by atoms with E-state index in [4.69, 9.17) is 9.84 Å². The van der Waals surface area contributed by atoms with E-state index in [1.807, 2.05) is 0 Å². The molecule has 1 aromatic carbocycles. The van der Waals surface area contributed by atoms with E-state index < -0.39 is 16.0 Å². The quantitative estimate of drug-likeness (QED) is 0.730. The first-order chi connectivity index (χ1) is 11.7. The molecule has 0 aromatic heterocycles. The van der Waals surface area contributed by atoms with Crippen LogP contribution in [-0.4, -0.2) is 61.8 Å². The predicted octanol–water partition coefficient (Wildman–Crippen LogP) is 0.692. The van der Waals surface area contributed by atoms with E-state index in [1.54, 1.807) is 24.0 Å². The Bertz CT molecular complexity index is 731. The lowest BCUT2D eigenvalue weighted by atomic mass is 10.2. The number of sulfonamides is 1. The van der Waals surface area contributed by atoms with Crippen molar-refractivity contribution in [3.05, 3.63) is 29.8 Å². The lowest BCUT2D eigenvalue weighted by Crippen LogP contribution is -2.40. The van der Waals surface area contributed by atoms with Gasteiger partial charge in [-0.25, -0.2) is 17.9 Å². The fourth-order valence-corrected chi connectivity index (χ4v) is 3.63. The molecule has 1 heterocycles. The van der Waals surface area contributed by atoms with Crippen LogP contribution in [0.1, 0.15) is 30.1 Å². The number of nitrogens with one attached hydrogen (secondary N) is 1. The lowest BCUT2D eigenvalue weighted by Gasteiger charge is -2.24. The van der Waals surface area contributed by atoms with Crippen LogP contribution in [0.25, 0.3) is 0 Å². The molecular formula is C16H22N2O6S. The number of hydrogen-bond donors (Lipinski definition) is 2. The first-order valence-electron chi connectivity index (χ1n) is 7.92. The average molecular weight is 370 g/mol. The molecule has 9 heteroatoms. The van der Waals surface area contributed by atoms with Crippen LogP contribution in [0, 0.1) is 0 Å². The van der Waals surface area contributed by atoms with E-state index in [-0.39, 0.29) is 30.2 Å². The molecule has 1 aromatic rings. The Morgan fingerprint density at radius 1 is 1.32 bits per heavy atom. The van der Waals surface area contributed by atoms with Crippen molar-refractivity contribution in [1.82, 2.24) is 9.62 Å². The highest BCUT2D eigenvalue weighted by Gasteiger charge is 2.36.